The Bertz CT molecular complexity index is 825. The fraction of sp³-hybridized carbons (Fsp3) is 0.412. The standard InChI is InChI=1S/C17H20F3N3O5/c1-5-6-7-28-17(25)10(8-21-22(3)4)16(24)11-12(18)9(2)13(19)14(20)15(11)23(26)27/h8,21H,5-7H2,1-4H3. The van der Waals surface area contributed by atoms with Gasteiger partial charge in [0.1, 0.15) is 17.0 Å². The van der Waals surface area contributed by atoms with Gasteiger partial charge in [0, 0.05) is 25.9 Å². The quantitative estimate of drug-likeness (QED) is 0.0779. The predicted molar refractivity (Wildman–Crippen MR) is 92.8 cm³/mol. The van der Waals surface area contributed by atoms with E-state index in [4.69, 9.17) is 4.74 Å². The van der Waals surface area contributed by atoms with Gasteiger partial charge in [0.05, 0.1) is 11.5 Å². The molecule has 0 saturated heterocycles. The van der Waals surface area contributed by atoms with Crippen molar-refractivity contribution in [3.8, 4) is 0 Å². The number of hydrogen-bond acceptors (Lipinski definition) is 7. The number of rotatable bonds is 9. The fourth-order valence-electron chi connectivity index (χ4n) is 2.08. The van der Waals surface area contributed by atoms with Crippen LogP contribution in [0.25, 0.3) is 0 Å². The van der Waals surface area contributed by atoms with Gasteiger partial charge in [0.25, 0.3) is 0 Å². The molecule has 11 heteroatoms. The highest BCUT2D eigenvalue weighted by atomic mass is 19.2. The zero-order chi connectivity index (χ0) is 21.6. The highest BCUT2D eigenvalue weighted by Gasteiger charge is 2.37. The van der Waals surface area contributed by atoms with Gasteiger partial charge in [0.15, 0.2) is 5.82 Å². The summed E-state index contributed by atoms with van der Waals surface area (Å²) in [5.74, 6) is -8.12. The van der Waals surface area contributed by atoms with Crippen LogP contribution in [-0.4, -0.2) is 42.4 Å². The second-order valence-corrected chi connectivity index (χ2v) is 5.95. The maximum Gasteiger partial charge on any atom is 0.343 e. The second kappa shape index (κ2) is 9.83. The van der Waals surface area contributed by atoms with Gasteiger partial charge in [-0.3, -0.25) is 14.9 Å². The number of nitro benzene ring substituents is 1. The summed E-state index contributed by atoms with van der Waals surface area (Å²) in [6.07, 6.45) is 2.00. The Morgan fingerprint density at radius 1 is 1.21 bits per heavy atom. The average Bonchev–Trinajstić information content (AvgIpc) is 2.62. The number of ether oxygens (including phenoxy) is 1. The van der Waals surface area contributed by atoms with E-state index >= 15 is 0 Å². The van der Waals surface area contributed by atoms with E-state index in [1.807, 2.05) is 6.92 Å². The van der Waals surface area contributed by atoms with E-state index in [1.54, 1.807) is 0 Å². The van der Waals surface area contributed by atoms with Gasteiger partial charge in [-0.05, 0) is 13.3 Å². The number of hydrogen-bond donors (Lipinski definition) is 1. The van der Waals surface area contributed by atoms with Crippen LogP contribution in [0.4, 0.5) is 18.9 Å². The molecule has 0 unspecified atom stereocenters. The van der Waals surface area contributed by atoms with Crippen molar-refractivity contribution >= 4 is 17.4 Å². The molecule has 0 radical (unpaired) electrons. The number of carbonyl (C=O) groups is 2. The van der Waals surface area contributed by atoms with Crippen LogP contribution in [-0.2, 0) is 9.53 Å². The molecule has 0 spiro atoms. The normalized spacial score (nSPS) is 11.5. The highest BCUT2D eigenvalue weighted by Crippen LogP contribution is 2.32. The Balaban J connectivity index is 3.57. The number of esters is 1. The van der Waals surface area contributed by atoms with Crippen LogP contribution in [0, 0.1) is 34.5 Å². The number of hydrazine groups is 1. The van der Waals surface area contributed by atoms with Gasteiger partial charge in [-0.1, -0.05) is 13.3 Å². The monoisotopic (exact) mass is 403 g/mol. The van der Waals surface area contributed by atoms with Crippen molar-refractivity contribution < 1.29 is 32.4 Å². The van der Waals surface area contributed by atoms with Gasteiger partial charge in [0.2, 0.25) is 11.6 Å². The number of Topliss-reactive ketones (excluding diaryl/α,β-unsaturated/α-hetero) is 1. The summed E-state index contributed by atoms with van der Waals surface area (Å²) in [5, 5.41) is 12.5. The lowest BCUT2D eigenvalue weighted by Gasteiger charge is -2.13. The summed E-state index contributed by atoms with van der Waals surface area (Å²) in [6.45, 7) is 2.59. The van der Waals surface area contributed by atoms with E-state index in [0.29, 0.717) is 12.8 Å². The third kappa shape index (κ3) is 5.06. The van der Waals surface area contributed by atoms with Crippen molar-refractivity contribution in [3.05, 3.63) is 50.5 Å². The summed E-state index contributed by atoms with van der Waals surface area (Å²) < 4.78 is 47.2. The first kappa shape index (κ1) is 23.1. The fourth-order valence-corrected chi connectivity index (χ4v) is 2.08. The number of nitrogens with one attached hydrogen (secondary N) is 1. The van der Waals surface area contributed by atoms with Crippen LogP contribution in [0.1, 0.15) is 35.7 Å². The summed E-state index contributed by atoms with van der Waals surface area (Å²) in [5.41, 5.74) is -2.32. The van der Waals surface area contributed by atoms with Crippen LogP contribution in [0.5, 0.6) is 0 Å². The third-order valence-corrected chi connectivity index (χ3v) is 3.59. The maximum absolute atomic E-state index is 14.5. The number of ketones is 1. The SMILES string of the molecule is CCCCOC(=O)C(=CNN(C)C)C(=O)c1c(F)c(C)c(F)c(F)c1[N+](=O)[O-]. The summed E-state index contributed by atoms with van der Waals surface area (Å²) in [7, 11) is 3.01. The molecule has 0 atom stereocenters. The van der Waals surface area contributed by atoms with Gasteiger partial charge in [-0.15, -0.1) is 0 Å². The number of nitrogens with zero attached hydrogens (tertiary/aromatic N) is 2. The van der Waals surface area contributed by atoms with Crippen molar-refractivity contribution in [1.29, 1.82) is 0 Å². The Labute approximate surface area is 159 Å². The van der Waals surface area contributed by atoms with E-state index in [0.717, 1.165) is 13.1 Å². The van der Waals surface area contributed by atoms with Crippen LogP contribution >= 0.6 is 0 Å². The van der Waals surface area contributed by atoms with Crippen molar-refractivity contribution in [2.75, 3.05) is 20.7 Å². The first-order valence-electron chi connectivity index (χ1n) is 8.21. The van der Waals surface area contributed by atoms with Gasteiger partial charge < -0.3 is 10.2 Å². The molecule has 0 fully saturated rings. The summed E-state index contributed by atoms with van der Waals surface area (Å²) in [4.78, 5) is 34.7. The molecule has 1 N–H and O–H groups in total. The van der Waals surface area contributed by atoms with Gasteiger partial charge in [-0.2, -0.15) is 4.39 Å². The lowest BCUT2D eigenvalue weighted by Crippen LogP contribution is -2.29. The zero-order valence-corrected chi connectivity index (χ0v) is 15.8. The molecule has 1 aromatic carbocycles. The first-order valence-corrected chi connectivity index (χ1v) is 8.21. The molecular formula is C17H20F3N3O5. The molecule has 154 valence electrons. The van der Waals surface area contributed by atoms with E-state index in [-0.39, 0.29) is 6.61 Å². The van der Waals surface area contributed by atoms with Crippen molar-refractivity contribution in [3.63, 3.8) is 0 Å². The largest absolute Gasteiger partial charge is 0.462 e. The minimum atomic E-state index is -1.99. The molecule has 1 aromatic rings. The van der Waals surface area contributed by atoms with Crippen LogP contribution in [0.3, 0.4) is 0 Å². The van der Waals surface area contributed by atoms with E-state index < -0.39 is 56.5 Å². The smallest absolute Gasteiger partial charge is 0.343 e. The molecule has 0 heterocycles. The summed E-state index contributed by atoms with van der Waals surface area (Å²) >= 11 is 0. The third-order valence-electron chi connectivity index (χ3n) is 3.59. The minimum absolute atomic E-state index is 0.0523. The number of nitro groups is 1. The van der Waals surface area contributed by atoms with Crippen LogP contribution in [0.15, 0.2) is 11.8 Å². The number of unbranched alkanes of at least 4 members (excludes halogenated alkanes) is 1. The number of carbonyl (C=O) groups excluding carboxylic acids is 2. The Morgan fingerprint density at radius 3 is 2.32 bits per heavy atom. The highest BCUT2D eigenvalue weighted by molar-refractivity contribution is 6.25. The minimum Gasteiger partial charge on any atom is -0.462 e. The Morgan fingerprint density at radius 2 is 1.82 bits per heavy atom. The average molecular weight is 403 g/mol. The lowest BCUT2D eigenvalue weighted by molar-refractivity contribution is -0.388. The predicted octanol–water partition coefficient (Wildman–Crippen LogP) is 2.80. The molecule has 0 bridgehead atoms. The molecular weight excluding hydrogens is 383 g/mol. The molecule has 0 amide bonds. The lowest BCUT2D eigenvalue weighted by atomic mass is 9.98. The second-order valence-electron chi connectivity index (χ2n) is 5.95. The molecule has 0 saturated carbocycles. The van der Waals surface area contributed by atoms with Crippen molar-refractivity contribution in [2.45, 2.75) is 26.7 Å². The Kier molecular flexibility index (Phi) is 8.11. The number of halogens is 3. The molecule has 28 heavy (non-hydrogen) atoms. The molecule has 1 rings (SSSR count). The van der Waals surface area contributed by atoms with Gasteiger partial charge in [-0.25, -0.2) is 18.6 Å². The molecule has 0 aliphatic carbocycles. The van der Waals surface area contributed by atoms with Crippen LogP contribution in [0.2, 0.25) is 0 Å². The van der Waals surface area contributed by atoms with Gasteiger partial charge >= 0.3 is 11.7 Å². The molecule has 8 nitrogen and oxygen atoms in total. The van der Waals surface area contributed by atoms with Crippen molar-refractivity contribution in [2.24, 2.45) is 0 Å². The van der Waals surface area contributed by atoms with Crippen LogP contribution < -0.4 is 5.43 Å². The maximum atomic E-state index is 14.5. The molecule has 0 aromatic heterocycles. The first-order chi connectivity index (χ1) is 13.0. The number of benzene rings is 1. The Hall–Kier alpha value is -2.95. The molecule has 0 aliphatic heterocycles. The summed E-state index contributed by atoms with van der Waals surface area (Å²) in [6, 6.07) is 0. The van der Waals surface area contributed by atoms with E-state index in [2.05, 4.69) is 5.43 Å². The molecule has 0 aliphatic rings. The topological polar surface area (TPSA) is 102 Å². The van der Waals surface area contributed by atoms with E-state index in [1.165, 1.54) is 19.1 Å². The van der Waals surface area contributed by atoms with Crippen molar-refractivity contribution in [1.82, 2.24) is 10.4 Å². The zero-order valence-electron chi connectivity index (χ0n) is 15.8. The van der Waals surface area contributed by atoms with E-state index in [9.17, 15) is 32.9 Å².